The van der Waals surface area contributed by atoms with Crippen molar-refractivity contribution in [3.05, 3.63) is 35.9 Å². The minimum atomic E-state index is 0.0223. The van der Waals surface area contributed by atoms with Crippen LogP contribution >= 0.6 is 0 Å². The molecule has 2 saturated heterocycles. The second-order valence-corrected chi connectivity index (χ2v) is 7.19. The van der Waals surface area contributed by atoms with Crippen LogP contribution in [-0.4, -0.2) is 53.8 Å². The highest BCUT2D eigenvalue weighted by Crippen LogP contribution is 2.14. The van der Waals surface area contributed by atoms with Gasteiger partial charge in [-0.25, -0.2) is 0 Å². The van der Waals surface area contributed by atoms with Crippen molar-refractivity contribution < 1.29 is 9.59 Å². The average Bonchev–Trinajstić information content (AvgIpc) is 3.17. The van der Waals surface area contributed by atoms with Gasteiger partial charge in [-0.1, -0.05) is 30.3 Å². The lowest BCUT2D eigenvalue weighted by Crippen LogP contribution is -2.44. The van der Waals surface area contributed by atoms with Crippen LogP contribution in [0.5, 0.6) is 0 Å². The summed E-state index contributed by atoms with van der Waals surface area (Å²) in [5.74, 6) is 0.152. The number of nitrogens with one attached hydrogen (secondary N) is 1. The number of piperidine rings is 1. The van der Waals surface area contributed by atoms with Crippen molar-refractivity contribution >= 4 is 11.8 Å². The van der Waals surface area contributed by atoms with Gasteiger partial charge >= 0.3 is 0 Å². The lowest BCUT2D eigenvalue weighted by Gasteiger charge is -2.32. The Kier molecular flexibility index (Phi) is 6.45. The van der Waals surface area contributed by atoms with Gasteiger partial charge in [-0.2, -0.15) is 0 Å². The monoisotopic (exact) mass is 343 g/mol. The van der Waals surface area contributed by atoms with Gasteiger partial charge in [-0.3, -0.25) is 14.5 Å². The normalized spacial score (nSPS) is 19.1. The van der Waals surface area contributed by atoms with Crippen molar-refractivity contribution in [2.45, 2.75) is 51.1 Å². The second kappa shape index (κ2) is 8.99. The number of carbonyl (C=O) groups excluding carboxylic acids is 2. The minimum Gasteiger partial charge on any atom is -0.353 e. The fourth-order valence-corrected chi connectivity index (χ4v) is 3.72. The van der Waals surface area contributed by atoms with Crippen molar-refractivity contribution in [3.8, 4) is 0 Å². The van der Waals surface area contributed by atoms with Crippen LogP contribution in [0.4, 0.5) is 0 Å². The van der Waals surface area contributed by atoms with E-state index in [1.165, 1.54) is 5.56 Å². The summed E-state index contributed by atoms with van der Waals surface area (Å²) in [6, 6.07) is 10.8. The summed E-state index contributed by atoms with van der Waals surface area (Å²) < 4.78 is 0. The lowest BCUT2D eigenvalue weighted by molar-refractivity contribution is -0.133. The smallest absolute Gasteiger partial charge is 0.223 e. The predicted molar refractivity (Wildman–Crippen MR) is 97.9 cm³/mol. The highest BCUT2D eigenvalue weighted by atomic mass is 16.2. The van der Waals surface area contributed by atoms with E-state index in [0.717, 1.165) is 58.4 Å². The topological polar surface area (TPSA) is 52.7 Å². The molecule has 2 heterocycles. The largest absolute Gasteiger partial charge is 0.353 e. The van der Waals surface area contributed by atoms with Gasteiger partial charge in [0, 0.05) is 51.6 Å². The number of rotatable bonds is 6. The molecule has 0 radical (unpaired) electrons. The number of carbonyl (C=O) groups is 2. The summed E-state index contributed by atoms with van der Waals surface area (Å²) in [5, 5.41) is 3.11. The molecule has 5 heteroatoms. The van der Waals surface area contributed by atoms with Crippen LogP contribution in [-0.2, 0) is 16.1 Å². The van der Waals surface area contributed by atoms with E-state index < -0.39 is 0 Å². The molecule has 25 heavy (non-hydrogen) atoms. The summed E-state index contributed by atoms with van der Waals surface area (Å²) in [4.78, 5) is 28.4. The third-order valence-corrected chi connectivity index (χ3v) is 5.23. The van der Waals surface area contributed by atoms with Crippen LogP contribution in [0.2, 0.25) is 0 Å². The molecule has 0 bridgehead atoms. The maximum atomic E-state index is 12.1. The van der Waals surface area contributed by atoms with E-state index in [4.69, 9.17) is 0 Å². The summed E-state index contributed by atoms with van der Waals surface area (Å²) in [5.41, 5.74) is 1.34. The molecule has 0 aromatic heterocycles. The van der Waals surface area contributed by atoms with E-state index in [1.807, 2.05) is 11.0 Å². The molecule has 1 N–H and O–H groups in total. The van der Waals surface area contributed by atoms with Gasteiger partial charge in [-0.05, 0) is 31.2 Å². The van der Waals surface area contributed by atoms with E-state index >= 15 is 0 Å². The Hall–Kier alpha value is -1.88. The van der Waals surface area contributed by atoms with Crippen molar-refractivity contribution in [2.24, 2.45) is 0 Å². The number of likely N-dealkylation sites (tertiary alicyclic amines) is 2. The zero-order valence-corrected chi connectivity index (χ0v) is 15.0. The zero-order valence-electron chi connectivity index (χ0n) is 15.0. The first-order valence-corrected chi connectivity index (χ1v) is 9.54. The Morgan fingerprint density at radius 1 is 0.960 bits per heavy atom. The fraction of sp³-hybridized carbons (Fsp3) is 0.600. The maximum Gasteiger partial charge on any atom is 0.223 e. The van der Waals surface area contributed by atoms with Crippen molar-refractivity contribution in [3.63, 3.8) is 0 Å². The van der Waals surface area contributed by atoms with E-state index in [1.54, 1.807) is 0 Å². The minimum absolute atomic E-state index is 0.0223. The van der Waals surface area contributed by atoms with Gasteiger partial charge in [0.1, 0.15) is 0 Å². The Bertz CT molecular complexity index is 562. The number of nitrogens with zero attached hydrogens (tertiary/aromatic N) is 2. The Morgan fingerprint density at radius 2 is 1.64 bits per heavy atom. The predicted octanol–water partition coefficient (Wildman–Crippen LogP) is 2.17. The van der Waals surface area contributed by atoms with Crippen LogP contribution in [0, 0.1) is 0 Å². The van der Waals surface area contributed by atoms with Gasteiger partial charge in [0.05, 0.1) is 0 Å². The fourth-order valence-electron chi connectivity index (χ4n) is 3.72. The molecule has 0 saturated carbocycles. The number of benzene rings is 1. The van der Waals surface area contributed by atoms with Crippen LogP contribution in [0.1, 0.15) is 44.1 Å². The standard InChI is InChI=1S/C20H29N3O2/c24-19(8-9-20(25)23-12-4-5-13-23)21-18-10-14-22(15-11-18)16-17-6-2-1-3-7-17/h1-3,6-7,18H,4-5,8-16H2,(H,21,24). The SMILES string of the molecule is O=C(CCC(=O)N1CCCC1)NC1CCN(Cc2ccccc2)CC1. The van der Waals surface area contributed by atoms with Gasteiger partial charge in [0.15, 0.2) is 0 Å². The van der Waals surface area contributed by atoms with Crippen molar-refractivity contribution in [1.29, 1.82) is 0 Å². The molecular weight excluding hydrogens is 314 g/mol. The number of hydrogen-bond donors (Lipinski definition) is 1. The molecule has 5 nitrogen and oxygen atoms in total. The van der Waals surface area contributed by atoms with Crippen LogP contribution in [0.25, 0.3) is 0 Å². The average molecular weight is 343 g/mol. The third kappa shape index (κ3) is 5.56. The van der Waals surface area contributed by atoms with E-state index in [2.05, 4.69) is 34.5 Å². The van der Waals surface area contributed by atoms with Crippen molar-refractivity contribution in [2.75, 3.05) is 26.2 Å². The Balaban J connectivity index is 1.32. The molecule has 2 aliphatic rings. The highest BCUT2D eigenvalue weighted by molar-refractivity contribution is 5.84. The number of amides is 2. The molecule has 0 aliphatic carbocycles. The summed E-state index contributed by atoms with van der Waals surface area (Å²) in [7, 11) is 0. The lowest BCUT2D eigenvalue weighted by atomic mass is 10.0. The molecule has 0 atom stereocenters. The molecule has 136 valence electrons. The van der Waals surface area contributed by atoms with Crippen LogP contribution < -0.4 is 5.32 Å². The molecule has 1 aromatic rings. The first kappa shape index (κ1) is 17.9. The molecule has 1 aromatic carbocycles. The molecule has 0 unspecified atom stereocenters. The van der Waals surface area contributed by atoms with Gasteiger partial charge in [0.2, 0.25) is 11.8 Å². The molecule has 2 fully saturated rings. The van der Waals surface area contributed by atoms with Crippen LogP contribution in [0.3, 0.4) is 0 Å². The molecule has 0 spiro atoms. The summed E-state index contributed by atoms with van der Waals surface area (Å²) in [6.07, 6.45) is 4.83. The Morgan fingerprint density at radius 3 is 2.32 bits per heavy atom. The third-order valence-electron chi connectivity index (χ3n) is 5.23. The second-order valence-electron chi connectivity index (χ2n) is 7.19. The molecular formula is C20H29N3O2. The molecule has 3 rings (SSSR count). The van der Waals surface area contributed by atoms with E-state index in [0.29, 0.717) is 12.8 Å². The van der Waals surface area contributed by atoms with E-state index in [-0.39, 0.29) is 17.9 Å². The van der Waals surface area contributed by atoms with Crippen molar-refractivity contribution in [1.82, 2.24) is 15.1 Å². The molecule has 2 aliphatic heterocycles. The first-order valence-electron chi connectivity index (χ1n) is 9.54. The van der Waals surface area contributed by atoms with Gasteiger partial charge < -0.3 is 10.2 Å². The summed E-state index contributed by atoms with van der Waals surface area (Å²) >= 11 is 0. The first-order chi connectivity index (χ1) is 12.2. The highest BCUT2D eigenvalue weighted by Gasteiger charge is 2.22. The Labute approximate surface area is 150 Å². The quantitative estimate of drug-likeness (QED) is 0.861. The van der Waals surface area contributed by atoms with E-state index in [9.17, 15) is 9.59 Å². The summed E-state index contributed by atoms with van der Waals surface area (Å²) in [6.45, 7) is 4.71. The maximum absolute atomic E-state index is 12.1. The van der Waals surface area contributed by atoms with Gasteiger partial charge in [0.25, 0.3) is 0 Å². The van der Waals surface area contributed by atoms with Gasteiger partial charge in [-0.15, -0.1) is 0 Å². The molecule has 2 amide bonds. The zero-order chi connectivity index (χ0) is 17.5. The van der Waals surface area contributed by atoms with Crippen LogP contribution in [0.15, 0.2) is 30.3 Å². The number of hydrogen-bond acceptors (Lipinski definition) is 3.